The Balaban J connectivity index is 2.43. The second kappa shape index (κ2) is 4.58. The van der Waals surface area contributed by atoms with Gasteiger partial charge >= 0.3 is 5.96 Å². The van der Waals surface area contributed by atoms with Crippen molar-refractivity contribution in [3.63, 3.8) is 0 Å². The maximum atomic E-state index is 5.63. The van der Waals surface area contributed by atoms with Gasteiger partial charge in [-0.2, -0.15) is 5.10 Å². The van der Waals surface area contributed by atoms with E-state index >= 15 is 0 Å². The van der Waals surface area contributed by atoms with Crippen LogP contribution in [-0.2, 0) is 0 Å². The minimum absolute atomic E-state index is 0.0446. The number of nitrogens with zero attached hydrogens (tertiary/aromatic N) is 1. The van der Waals surface area contributed by atoms with Crippen LogP contribution in [0.15, 0.2) is 38.3 Å². The fourth-order valence-corrected chi connectivity index (χ4v) is 1.77. The summed E-state index contributed by atoms with van der Waals surface area (Å²) in [7, 11) is 0. The van der Waals surface area contributed by atoms with Crippen LogP contribution in [-0.4, -0.2) is 11.7 Å². The Hall–Kier alpha value is -1.82. The lowest BCUT2D eigenvalue weighted by Gasteiger charge is -1.90. The number of rotatable bonds is 2. The van der Waals surface area contributed by atoms with Gasteiger partial charge in [0.1, 0.15) is 11.3 Å². The maximum Gasteiger partial charge on any atom is 0.362 e. The third-order valence-electron chi connectivity index (χ3n) is 2.19. The molecule has 0 saturated heterocycles. The average Bonchev–Trinajstić information content (AvgIpc) is 2.68. The summed E-state index contributed by atoms with van der Waals surface area (Å²) in [4.78, 5) is 0. The number of hydrazone groups is 1. The minimum Gasteiger partial charge on any atom is -0.455 e. The molecule has 0 radical (unpaired) electrons. The summed E-state index contributed by atoms with van der Waals surface area (Å²) in [5.74, 6) is 0.718. The smallest absolute Gasteiger partial charge is 0.362 e. The molecule has 2 aromatic rings. The largest absolute Gasteiger partial charge is 0.455 e. The Bertz CT molecular complexity index is 611. The van der Waals surface area contributed by atoms with Crippen molar-refractivity contribution in [2.24, 2.45) is 16.6 Å². The Labute approximate surface area is 106 Å². The number of nitrogens with one attached hydrogen (secondary N) is 1. The topological polar surface area (TPSA) is 91.5 Å². The molecule has 0 aliphatic rings. The van der Waals surface area contributed by atoms with Gasteiger partial charge in [0.15, 0.2) is 5.76 Å². The molecule has 2 rings (SSSR count). The second-order valence-electron chi connectivity index (χ2n) is 3.56. The van der Waals surface area contributed by atoms with E-state index < -0.39 is 0 Å². The molecule has 0 saturated carbocycles. The Morgan fingerprint density at radius 3 is 2.82 bits per heavy atom. The SMILES string of the molecule is C/C(=N/[NH+]=C(N)N)c1cc2cc(Br)ccc2o1. The number of hydrogen-bond donors (Lipinski definition) is 3. The van der Waals surface area contributed by atoms with Crippen LogP contribution in [0.5, 0.6) is 0 Å². The van der Waals surface area contributed by atoms with E-state index in [1.807, 2.05) is 31.2 Å². The van der Waals surface area contributed by atoms with E-state index in [-0.39, 0.29) is 5.96 Å². The van der Waals surface area contributed by atoms with Gasteiger partial charge in [0.25, 0.3) is 0 Å². The lowest BCUT2D eigenvalue weighted by Crippen LogP contribution is -2.72. The molecule has 1 heterocycles. The molecule has 0 unspecified atom stereocenters. The van der Waals surface area contributed by atoms with Crippen LogP contribution in [0.1, 0.15) is 12.7 Å². The molecule has 17 heavy (non-hydrogen) atoms. The van der Waals surface area contributed by atoms with Crippen LogP contribution in [0.3, 0.4) is 0 Å². The average molecular weight is 296 g/mol. The third-order valence-corrected chi connectivity index (χ3v) is 2.68. The Morgan fingerprint density at radius 1 is 1.35 bits per heavy atom. The van der Waals surface area contributed by atoms with Crippen molar-refractivity contribution >= 4 is 38.6 Å². The molecule has 0 fully saturated rings. The Morgan fingerprint density at radius 2 is 2.12 bits per heavy atom. The van der Waals surface area contributed by atoms with Crippen LogP contribution >= 0.6 is 15.9 Å². The zero-order valence-electron chi connectivity index (χ0n) is 9.20. The quantitative estimate of drug-likeness (QED) is 0.422. The minimum atomic E-state index is 0.0446. The van der Waals surface area contributed by atoms with Gasteiger partial charge in [-0.3, -0.25) is 11.5 Å². The highest BCUT2D eigenvalue weighted by Gasteiger charge is 2.07. The van der Waals surface area contributed by atoms with Crippen molar-refractivity contribution in [2.45, 2.75) is 6.92 Å². The van der Waals surface area contributed by atoms with Crippen LogP contribution in [0, 0.1) is 0 Å². The fourth-order valence-electron chi connectivity index (χ4n) is 1.40. The number of furan rings is 1. The molecule has 6 heteroatoms. The van der Waals surface area contributed by atoms with Crippen molar-refractivity contribution in [2.75, 3.05) is 0 Å². The molecule has 5 N–H and O–H groups in total. The third kappa shape index (κ3) is 2.65. The number of nitrogens with two attached hydrogens (primary N) is 2. The van der Waals surface area contributed by atoms with Crippen molar-refractivity contribution in [3.8, 4) is 0 Å². The van der Waals surface area contributed by atoms with Crippen molar-refractivity contribution in [1.29, 1.82) is 0 Å². The fraction of sp³-hybridized carbons (Fsp3) is 0.0909. The summed E-state index contributed by atoms with van der Waals surface area (Å²) in [6, 6.07) is 7.71. The highest BCUT2D eigenvalue weighted by Crippen LogP contribution is 2.23. The zero-order valence-corrected chi connectivity index (χ0v) is 10.8. The van der Waals surface area contributed by atoms with Gasteiger partial charge in [0.2, 0.25) is 0 Å². The van der Waals surface area contributed by atoms with Gasteiger partial charge in [-0.1, -0.05) is 15.9 Å². The first-order chi connectivity index (χ1) is 8.06. The molecule has 0 spiro atoms. The molecule has 5 nitrogen and oxygen atoms in total. The number of benzene rings is 1. The van der Waals surface area contributed by atoms with Crippen molar-refractivity contribution in [1.82, 2.24) is 0 Å². The van der Waals surface area contributed by atoms with E-state index in [1.165, 1.54) is 0 Å². The molecule has 0 aliphatic heterocycles. The Kier molecular flexibility index (Phi) is 3.14. The van der Waals surface area contributed by atoms with Gasteiger partial charge in [0, 0.05) is 9.86 Å². The van der Waals surface area contributed by atoms with E-state index in [0.717, 1.165) is 15.4 Å². The van der Waals surface area contributed by atoms with E-state index in [1.54, 1.807) is 0 Å². The first-order valence-corrected chi connectivity index (χ1v) is 5.73. The van der Waals surface area contributed by atoms with Gasteiger partial charge < -0.3 is 4.42 Å². The summed E-state index contributed by atoms with van der Waals surface area (Å²) in [6.07, 6.45) is 0. The molecule has 88 valence electrons. The van der Waals surface area contributed by atoms with E-state index in [9.17, 15) is 0 Å². The summed E-state index contributed by atoms with van der Waals surface area (Å²) in [6.45, 7) is 1.81. The molecule has 0 amide bonds. The van der Waals surface area contributed by atoms with E-state index in [0.29, 0.717) is 11.5 Å². The van der Waals surface area contributed by atoms with Gasteiger partial charge in [0.05, 0.1) is 0 Å². The molecule has 0 aliphatic carbocycles. The second-order valence-corrected chi connectivity index (χ2v) is 4.47. The predicted octanol–water partition coefficient (Wildman–Crippen LogP) is 0.273. The summed E-state index contributed by atoms with van der Waals surface area (Å²) in [5, 5.41) is 7.48. The van der Waals surface area contributed by atoms with Crippen LogP contribution in [0.25, 0.3) is 11.0 Å². The van der Waals surface area contributed by atoms with Crippen LogP contribution in [0.4, 0.5) is 0 Å². The normalized spacial score (nSPS) is 11.8. The number of halogens is 1. The van der Waals surface area contributed by atoms with Gasteiger partial charge in [-0.25, -0.2) is 0 Å². The molecule has 1 aromatic heterocycles. The zero-order chi connectivity index (χ0) is 12.4. The lowest BCUT2D eigenvalue weighted by molar-refractivity contribution is -0.464. The van der Waals surface area contributed by atoms with Gasteiger partial charge in [-0.05, 0) is 31.2 Å². The molecule has 1 aromatic carbocycles. The van der Waals surface area contributed by atoms with Crippen LogP contribution < -0.4 is 16.6 Å². The highest BCUT2D eigenvalue weighted by molar-refractivity contribution is 9.10. The van der Waals surface area contributed by atoms with E-state index in [2.05, 4.69) is 26.1 Å². The number of fused-ring (bicyclic) bond motifs is 1. The van der Waals surface area contributed by atoms with Crippen molar-refractivity contribution in [3.05, 3.63) is 34.5 Å². The summed E-state index contributed by atoms with van der Waals surface area (Å²) >= 11 is 3.41. The summed E-state index contributed by atoms with van der Waals surface area (Å²) < 4.78 is 6.64. The highest BCUT2D eigenvalue weighted by atomic mass is 79.9. The van der Waals surface area contributed by atoms with Crippen LogP contribution in [0.2, 0.25) is 0 Å². The van der Waals surface area contributed by atoms with E-state index in [4.69, 9.17) is 15.9 Å². The molecule has 0 bridgehead atoms. The lowest BCUT2D eigenvalue weighted by atomic mass is 10.2. The summed E-state index contributed by atoms with van der Waals surface area (Å²) in [5.41, 5.74) is 12.0. The number of guanidine groups is 1. The maximum absolute atomic E-state index is 5.63. The first-order valence-electron chi connectivity index (χ1n) is 4.94. The first kappa shape index (κ1) is 11.7. The van der Waals surface area contributed by atoms with Crippen molar-refractivity contribution < 1.29 is 9.52 Å². The standard InChI is InChI=1S/C11H11BrN4O/c1-6(15-16-11(13)14)10-5-7-4-8(12)2-3-9(7)17-10/h2-5H,1H3,(H4,13,14,16)/p+1/b15-6-. The predicted molar refractivity (Wildman–Crippen MR) is 70.5 cm³/mol. The molecular weight excluding hydrogens is 284 g/mol. The van der Waals surface area contributed by atoms with Gasteiger partial charge in [-0.15, -0.1) is 5.10 Å². The number of hydrogen-bond acceptors (Lipinski definition) is 2. The molecular formula is C11H12BrN4O+. The monoisotopic (exact) mass is 295 g/mol. The molecule has 0 atom stereocenters.